The molecule has 200 valence electrons. The molecule has 0 bridgehead atoms. The Bertz CT molecular complexity index is 1350. The van der Waals surface area contributed by atoms with E-state index in [2.05, 4.69) is 10.6 Å². The Balaban J connectivity index is 1.72. The zero-order valence-electron chi connectivity index (χ0n) is 20.8. The molecule has 4 rings (SSSR count). The summed E-state index contributed by atoms with van der Waals surface area (Å²) >= 11 is 0. The third-order valence-electron chi connectivity index (χ3n) is 6.21. The Morgan fingerprint density at radius 2 is 1.64 bits per heavy atom. The summed E-state index contributed by atoms with van der Waals surface area (Å²) in [6.45, 7) is -0.541. The van der Waals surface area contributed by atoms with E-state index in [-0.39, 0.29) is 5.56 Å². The van der Waals surface area contributed by atoms with Crippen molar-refractivity contribution in [2.24, 2.45) is 0 Å². The quantitative estimate of drug-likeness (QED) is 0.415. The molecule has 0 spiro atoms. The van der Waals surface area contributed by atoms with Crippen LogP contribution in [0.25, 0.3) is 0 Å². The summed E-state index contributed by atoms with van der Waals surface area (Å²) in [7, 11) is 0. The predicted octanol–water partition coefficient (Wildman–Crippen LogP) is 1.45. The molecule has 1 unspecified atom stereocenters. The maximum atomic E-state index is 13.9. The van der Waals surface area contributed by atoms with E-state index in [4.69, 9.17) is 5.11 Å². The fourth-order valence-electron chi connectivity index (χ4n) is 4.42. The third kappa shape index (κ3) is 6.09. The third-order valence-corrected chi connectivity index (χ3v) is 6.21. The van der Waals surface area contributed by atoms with E-state index < -0.39 is 54.8 Å². The summed E-state index contributed by atoms with van der Waals surface area (Å²) < 4.78 is 0. The van der Waals surface area contributed by atoms with E-state index in [1.807, 2.05) is 6.08 Å². The lowest BCUT2D eigenvalue weighted by molar-refractivity contribution is -0.141. The van der Waals surface area contributed by atoms with Gasteiger partial charge in [0.25, 0.3) is 17.7 Å². The Hall–Kier alpha value is -5.06. The number of carbonyl (C=O) groups is 6. The van der Waals surface area contributed by atoms with Crippen molar-refractivity contribution in [2.45, 2.75) is 31.5 Å². The monoisotopic (exact) mass is 530 g/mol. The maximum Gasteiger partial charge on any atom is 0.305 e. The van der Waals surface area contributed by atoms with Crippen molar-refractivity contribution in [3.63, 3.8) is 0 Å². The van der Waals surface area contributed by atoms with Crippen LogP contribution in [0.1, 0.15) is 40.0 Å². The molecule has 1 aliphatic heterocycles. The van der Waals surface area contributed by atoms with Crippen molar-refractivity contribution in [1.82, 2.24) is 20.4 Å². The topological polar surface area (TPSA) is 153 Å². The largest absolute Gasteiger partial charge is 0.481 e. The molecule has 3 N–H and O–H groups in total. The zero-order chi connectivity index (χ0) is 27.9. The van der Waals surface area contributed by atoms with Gasteiger partial charge in [-0.2, -0.15) is 0 Å². The first-order valence-electron chi connectivity index (χ1n) is 12.2. The summed E-state index contributed by atoms with van der Waals surface area (Å²) in [4.78, 5) is 78.1. The molecule has 2 aromatic carbocycles. The van der Waals surface area contributed by atoms with Gasteiger partial charge in [0, 0.05) is 16.8 Å². The van der Waals surface area contributed by atoms with Gasteiger partial charge in [0.1, 0.15) is 12.8 Å². The average molecular weight is 531 g/mol. The molecule has 4 amide bonds. The number of aldehydes is 1. The van der Waals surface area contributed by atoms with Crippen LogP contribution in [0.15, 0.2) is 84.2 Å². The minimum atomic E-state index is -1.49. The number of carboxylic acids is 1. The number of carboxylic acid groups (broad SMARTS) is 1. The molecule has 0 saturated carbocycles. The first-order chi connectivity index (χ1) is 18.8. The molecule has 2 aliphatic rings. The maximum absolute atomic E-state index is 13.9. The van der Waals surface area contributed by atoms with Crippen molar-refractivity contribution in [3.8, 4) is 0 Å². The van der Waals surface area contributed by atoms with Gasteiger partial charge >= 0.3 is 5.97 Å². The number of aliphatic carboxylic acids is 1. The Kier molecular flexibility index (Phi) is 8.30. The van der Waals surface area contributed by atoms with Crippen molar-refractivity contribution in [1.29, 1.82) is 0 Å². The Labute approximate surface area is 223 Å². The second kappa shape index (κ2) is 12.0. The van der Waals surface area contributed by atoms with Gasteiger partial charge in [-0.15, -0.1) is 0 Å². The highest BCUT2D eigenvalue weighted by molar-refractivity contribution is 6.04. The number of allylic oxidation sites excluding steroid dienone is 3. The summed E-state index contributed by atoms with van der Waals surface area (Å²) in [5, 5.41) is 13.9. The van der Waals surface area contributed by atoms with Crippen LogP contribution in [0, 0.1) is 0 Å². The number of carbonyl (C=O) groups excluding carboxylic acids is 5. The molecule has 0 saturated heterocycles. The molecule has 11 nitrogen and oxygen atoms in total. The molecule has 0 radical (unpaired) electrons. The smallest absolute Gasteiger partial charge is 0.305 e. The highest BCUT2D eigenvalue weighted by atomic mass is 16.4. The van der Waals surface area contributed by atoms with Gasteiger partial charge in [-0.05, 0) is 43.2 Å². The number of benzene rings is 2. The van der Waals surface area contributed by atoms with E-state index in [1.54, 1.807) is 66.7 Å². The molecular formula is C28H26N4O7. The van der Waals surface area contributed by atoms with E-state index >= 15 is 0 Å². The summed E-state index contributed by atoms with van der Waals surface area (Å²) in [5.74, 6) is -3.89. The first kappa shape index (κ1) is 27.0. The molecule has 1 heterocycles. The standard InChI is InChI=1S/C28H26N4O7/c33-17-20(15-24(35)36)29-23(34)16-31-21-13-7-8-14-22(21)32(27(38)19-11-5-2-6-12-19)25(28(31)39)30-26(37)18-9-3-1-4-10-18/h1-6,8-12,14,17,20,25H,7,13,15-16H2,(H,29,34)(H,30,37)(H,35,36)/t20-,25?/m0/s1. The van der Waals surface area contributed by atoms with Gasteiger partial charge in [-0.3, -0.25) is 28.9 Å². The minimum absolute atomic E-state index is 0.267. The van der Waals surface area contributed by atoms with E-state index in [0.717, 1.165) is 0 Å². The number of hydrogen-bond acceptors (Lipinski definition) is 6. The number of nitrogens with zero attached hydrogens (tertiary/aromatic N) is 2. The van der Waals surface area contributed by atoms with Crippen molar-refractivity contribution < 1.29 is 33.9 Å². The van der Waals surface area contributed by atoms with Crippen LogP contribution < -0.4 is 10.6 Å². The van der Waals surface area contributed by atoms with E-state index in [1.165, 1.54) is 9.80 Å². The van der Waals surface area contributed by atoms with Gasteiger partial charge < -0.3 is 25.4 Å². The normalized spacial score (nSPS) is 17.2. The Morgan fingerprint density at radius 1 is 1.00 bits per heavy atom. The van der Waals surface area contributed by atoms with Crippen LogP contribution in [0.3, 0.4) is 0 Å². The van der Waals surface area contributed by atoms with Crippen LogP contribution in [0.5, 0.6) is 0 Å². The van der Waals surface area contributed by atoms with Gasteiger partial charge in [0.05, 0.1) is 18.2 Å². The van der Waals surface area contributed by atoms with Gasteiger partial charge in [-0.25, -0.2) is 0 Å². The summed E-state index contributed by atoms with van der Waals surface area (Å²) in [5.41, 5.74) is 1.30. The highest BCUT2D eigenvalue weighted by Crippen LogP contribution is 2.33. The predicted molar refractivity (Wildman–Crippen MR) is 138 cm³/mol. The zero-order valence-corrected chi connectivity index (χ0v) is 20.8. The summed E-state index contributed by atoms with van der Waals surface area (Å²) in [6.07, 6.45) is 2.56. The van der Waals surface area contributed by atoms with Crippen LogP contribution >= 0.6 is 0 Å². The fraction of sp³-hybridized carbons (Fsp3) is 0.214. The van der Waals surface area contributed by atoms with Gasteiger partial charge in [-0.1, -0.05) is 42.5 Å². The first-order valence-corrected chi connectivity index (χ1v) is 12.2. The van der Waals surface area contributed by atoms with Crippen LogP contribution in [0.4, 0.5) is 0 Å². The van der Waals surface area contributed by atoms with Crippen LogP contribution in [-0.2, 0) is 19.2 Å². The molecule has 2 atom stereocenters. The number of nitrogens with one attached hydrogen (secondary N) is 2. The molecular weight excluding hydrogens is 504 g/mol. The lowest BCUT2D eigenvalue weighted by atomic mass is 10.00. The SMILES string of the molecule is O=C[C@H](CC(=O)O)NC(=O)CN1C(=O)C(NC(=O)c2ccccc2)N(C(=O)c2ccccc2)C2=C1CCC=C2. The molecule has 0 fully saturated rings. The van der Waals surface area contributed by atoms with E-state index in [9.17, 15) is 28.8 Å². The Morgan fingerprint density at radius 3 is 2.26 bits per heavy atom. The molecule has 1 aliphatic carbocycles. The lowest BCUT2D eigenvalue weighted by Crippen LogP contribution is -2.63. The van der Waals surface area contributed by atoms with Crippen molar-refractivity contribution >= 4 is 35.9 Å². The number of rotatable bonds is 9. The van der Waals surface area contributed by atoms with Crippen molar-refractivity contribution in [2.75, 3.05) is 6.54 Å². The van der Waals surface area contributed by atoms with Crippen LogP contribution in [0.2, 0.25) is 0 Å². The van der Waals surface area contributed by atoms with E-state index in [0.29, 0.717) is 36.1 Å². The lowest BCUT2D eigenvalue weighted by Gasteiger charge is -2.43. The fourth-order valence-corrected chi connectivity index (χ4v) is 4.42. The van der Waals surface area contributed by atoms with Crippen LogP contribution in [-0.4, -0.2) is 69.5 Å². The number of hydrogen-bond donors (Lipinski definition) is 3. The molecule has 0 aromatic heterocycles. The van der Waals surface area contributed by atoms with Gasteiger partial charge in [0.2, 0.25) is 5.91 Å². The molecule has 2 aromatic rings. The number of amides is 4. The summed E-state index contributed by atoms with van der Waals surface area (Å²) in [6, 6.07) is 15.2. The second-order valence-electron chi connectivity index (χ2n) is 8.89. The second-order valence-corrected chi connectivity index (χ2v) is 8.89. The highest BCUT2D eigenvalue weighted by Gasteiger charge is 2.44. The molecule has 11 heteroatoms. The van der Waals surface area contributed by atoms with Crippen molar-refractivity contribution in [3.05, 3.63) is 95.3 Å². The molecule has 39 heavy (non-hydrogen) atoms. The van der Waals surface area contributed by atoms with Gasteiger partial charge in [0.15, 0.2) is 6.17 Å². The average Bonchev–Trinajstić information content (AvgIpc) is 2.95. The minimum Gasteiger partial charge on any atom is -0.481 e.